The van der Waals surface area contributed by atoms with Gasteiger partial charge < -0.3 is 15.2 Å². The van der Waals surface area contributed by atoms with Crippen LogP contribution in [0.5, 0.6) is 0 Å². The lowest BCUT2D eigenvalue weighted by molar-refractivity contribution is -0.135. The number of nitrogens with zero attached hydrogens (tertiary/aromatic N) is 1. The van der Waals surface area contributed by atoms with E-state index in [0.29, 0.717) is 0 Å². The Hall–Kier alpha value is -2.03. The highest BCUT2D eigenvalue weighted by molar-refractivity contribution is 5.69. The molecule has 0 rings (SSSR count). The Morgan fingerprint density at radius 1 is 1.75 bits per heavy atom. The first-order chi connectivity index (χ1) is 5.70. The molecule has 64 valence electrons. The molecule has 0 aromatic carbocycles. The molecule has 0 aliphatic carbocycles. The first-order valence-corrected chi connectivity index (χ1v) is 2.86. The summed E-state index contributed by atoms with van der Waals surface area (Å²) in [7, 11) is 0. The summed E-state index contributed by atoms with van der Waals surface area (Å²) in [6.45, 7) is -0.259. The molecule has 0 aliphatic heterocycles. The number of nitriles is 1. The maximum atomic E-state index is 9.94. The largest absolute Gasteiger partial charge is 0.480 e. The smallest absolute Gasteiger partial charge is 0.322 e. The molecule has 0 aromatic rings. The summed E-state index contributed by atoms with van der Waals surface area (Å²) in [5.41, 5.74) is 0. The summed E-state index contributed by atoms with van der Waals surface area (Å²) in [6.07, 6.45) is 1.00. The number of nitrogens with one attached hydrogen (secondary N) is 1. The third-order valence-electron chi connectivity index (χ3n) is 0.772. The van der Waals surface area contributed by atoms with Gasteiger partial charge in [-0.3, -0.25) is 9.59 Å². The van der Waals surface area contributed by atoms with Gasteiger partial charge in [-0.05, 0) is 0 Å². The normalized spacial score (nSPS) is 9.75. The highest BCUT2D eigenvalue weighted by Crippen LogP contribution is 1.88. The minimum absolute atomic E-state index is 0.0809. The van der Waals surface area contributed by atoms with Crippen LogP contribution in [0.4, 0.5) is 0 Å². The van der Waals surface area contributed by atoms with Crippen molar-refractivity contribution in [3.05, 3.63) is 12.0 Å². The molecule has 6 nitrogen and oxygen atoms in total. The van der Waals surface area contributed by atoms with Crippen LogP contribution < -0.4 is 5.32 Å². The molecule has 0 aliphatic rings. The number of carbonyl (C=O) groups excluding carboxylic acids is 1. The summed E-state index contributed by atoms with van der Waals surface area (Å²) < 4.78 is 4.14. The van der Waals surface area contributed by atoms with Crippen LogP contribution in [0.1, 0.15) is 0 Å². The Kier molecular flexibility index (Phi) is 4.76. The minimum Gasteiger partial charge on any atom is -0.480 e. The van der Waals surface area contributed by atoms with Crippen molar-refractivity contribution < 1.29 is 19.4 Å². The Balaban J connectivity index is 3.87. The van der Waals surface area contributed by atoms with Crippen LogP contribution in [0.3, 0.4) is 0 Å². The average Bonchev–Trinajstić information content (AvgIpc) is 2.02. The van der Waals surface area contributed by atoms with E-state index in [2.05, 4.69) is 10.1 Å². The van der Waals surface area contributed by atoms with Gasteiger partial charge in [-0.15, -0.1) is 0 Å². The lowest BCUT2D eigenvalue weighted by Crippen LogP contribution is -2.17. The molecule has 0 fully saturated rings. The zero-order chi connectivity index (χ0) is 9.40. The molecule has 0 amide bonds. The Labute approximate surface area is 68.0 Å². The molecule has 12 heavy (non-hydrogen) atoms. The highest BCUT2D eigenvalue weighted by atomic mass is 16.5. The number of carboxylic acids is 1. The van der Waals surface area contributed by atoms with E-state index in [4.69, 9.17) is 10.4 Å². The van der Waals surface area contributed by atoms with Crippen LogP contribution in [0, 0.1) is 11.3 Å². The number of allylic oxidation sites excluding steroid dienone is 1. The third-order valence-corrected chi connectivity index (χ3v) is 0.772. The van der Waals surface area contributed by atoms with E-state index >= 15 is 0 Å². The second kappa shape index (κ2) is 5.73. The first kappa shape index (κ1) is 9.97. The number of hydrogen-bond donors (Lipinski definition) is 2. The van der Waals surface area contributed by atoms with Gasteiger partial charge in [0.05, 0.1) is 6.20 Å². The van der Waals surface area contributed by atoms with Crippen molar-refractivity contribution >= 4 is 12.4 Å². The fraction of sp³-hybridized carbons (Fsp3) is 0.167. The standard InChI is InChI=1S/C6H6N2O4/c7-1-5(12-4-9)2-8-3-6(10)11/h2,4,8H,3H2,(H,10,11)/b5-2+. The van der Waals surface area contributed by atoms with Crippen LogP contribution in [-0.2, 0) is 14.3 Å². The van der Waals surface area contributed by atoms with E-state index in [-0.39, 0.29) is 18.8 Å². The van der Waals surface area contributed by atoms with E-state index < -0.39 is 5.97 Å². The van der Waals surface area contributed by atoms with Crippen LogP contribution in [0.25, 0.3) is 0 Å². The lowest BCUT2D eigenvalue weighted by Gasteiger charge is -1.95. The molecule has 2 N–H and O–H groups in total. The van der Waals surface area contributed by atoms with Crippen molar-refractivity contribution in [1.82, 2.24) is 5.32 Å². The van der Waals surface area contributed by atoms with Crippen molar-refractivity contribution in [3.63, 3.8) is 0 Å². The minimum atomic E-state index is -1.07. The number of carbonyl (C=O) groups is 2. The molecule has 0 radical (unpaired) electrons. The molecule has 0 aromatic heterocycles. The van der Waals surface area contributed by atoms with Crippen molar-refractivity contribution in [3.8, 4) is 6.07 Å². The molecule has 0 bridgehead atoms. The molecular formula is C6H6N2O4. The van der Waals surface area contributed by atoms with Gasteiger partial charge in [0, 0.05) is 0 Å². The van der Waals surface area contributed by atoms with Crippen LogP contribution >= 0.6 is 0 Å². The summed E-state index contributed by atoms with van der Waals surface area (Å²) in [6, 6.07) is 1.53. The van der Waals surface area contributed by atoms with Crippen molar-refractivity contribution in [2.45, 2.75) is 0 Å². The fourth-order valence-corrected chi connectivity index (χ4v) is 0.376. The number of aliphatic carboxylic acids is 1. The quantitative estimate of drug-likeness (QED) is 0.318. The van der Waals surface area contributed by atoms with E-state index in [0.717, 1.165) is 6.20 Å². The van der Waals surface area contributed by atoms with E-state index in [9.17, 15) is 9.59 Å². The molecule has 0 heterocycles. The van der Waals surface area contributed by atoms with Gasteiger partial charge in [-0.25, -0.2) is 0 Å². The molecule has 0 saturated carbocycles. The molecule has 0 unspecified atom stereocenters. The lowest BCUT2D eigenvalue weighted by atomic mass is 10.5. The van der Waals surface area contributed by atoms with Crippen LogP contribution in [0.2, 0.25) is 0 Å². The Bertz CT molecular complexity index is 240. The number of hydrogen-bond acceptors (Lipinski definition) is 5. The monoisotopic (exact) mass is 170 g/mol. The second-order valence-electron chi connectivity index (χ2n) is 1.61. The SMILES string of the molecule is N#C/C(=C\NCC(=O)O)OC=O. The Morgan fingerprint density at radius 3 is 2.83 bits per heavy atom. The van der Waals surface area contributed by atoms with Crippen LogP contribution in [-0.4, -0.2) is 24.1 Å². The highest BCUT2D eigenvalue weighted by Gasteiger charge is 1.95. The number of carboxylic acid groups (broad SMARTS) is 1. The molecule has 6 heteroatoms. The zero-order valence-corrected chi connectivity index (χ0v) is 5.98. The van der Waals surface area contributed by atoms with Crippen molar-refractivity contribution in [2.24, 2.45) is 0 Å². The van der Waals surface area contributed by atoms with Gasteiger partial charge >= 0.3 is 5.97 Å². The average molecular weight is 170 g/mol. The molecule has 0 spiro atoms. The molecular weight excluding hydrogens is 164 g/mol. The van der Waals surface area contributed by atoms with Gasteiger partial charge in [-0.2, -0.15) is 5.26 Å². The second-order valence-corrected chi connectivity index (χ2v) is 1.61. The van der Waals surface area contributed by atoms with Crippen LogP contribution in [0.15, 0.2) is 12.0 Å². The van der Waals surface area contributed by atoms with E-state index in [1.54, 1.807) is 0 Å². The van der Waals surface area contributed by atoms with Gasteiger partial charge in [0.25, 0.3) is 6.47 Å². The summed E-state index contributed by atoms with van der Waals surface area (Å²) in [5.74, 6) is -1.36. The number of ether oxygens (including phenoxy) is 1. The third kappa shape index (κ3) is 4.81. The maximum absolute atomic E-state index is 9.94. The predicted octanol–water partition coefficient (Wildman–Crippen LogP) is -0.801. The first-order valence-electron chi connectivity index (χ1n) is 2.86. The predicted molar refractivity (Wildman–Crippen MR) is 36.5 cm³/mol. The van der Waals surface area contributed by atoms with Gasteiger partial charge in [0.15, 0.2) is 0 Å². The van der Waals surface area contributed by atoms with Gasteiger partial charge in [0.1, 0.15) is 12.6 Å². The summed E-state index contributed by atoms with van der Waals surface area (Å²) in [5, 5.41) is 18.6. The summed E-state index contributed by atoms with van der Waals surface area (Å²) >= 11 is 0. The molecule has 0 atom stereocenters. The maximum Gasteiger partial charge on any atom is 0.322 e. The van der Waals surface area contributed by atoms with Crippen molar-refractivity contribution in [1.29, 1.82) is 5.26 Å². The number of rotatable bonds is 5. The van der Waals surface area contributed by atoms with Gasteiger partial charge in [-0.1, -0.05) is 0 Å². The topological polar surface area (TPSA) is 99.4 Å². The fourth-order valence-electron chi connectivity index (χ4n) is 0.376. The van der Waals surface area contributed by atoms with E-state index in [1.165, 1.54) is 6.07 Å². The van der Waals surface area contributed by atoms with E-state index in [1.807, 2.05) is 0 Å². The van der Waals surface area contributed by atoms with Crippen molar-refractivity contribution in [2.75, 3.05) is 6.54 Å². The molecule has 0 saturated heterocycles. The van der Waals surface area contributed by atoms with Gasteiger partial charge in [0.2, 0.25) is 5.76 Å². The summed E-state index contributed by atoms with van der Waals surface area (Å²) in [4.78, 5) is 19.7. The zero-order valence-electron chi connectivity index (χ0n) is 5.98. The Morgan fingerprint density at radius 2 is 2.42 bits per heavy atom.